The number of halogens is 1. The van der Waals surface area contributed by atoms with Gasteiger partial charge in [0.1, 0.15) is 0 Å². The third-order valence-electron chi connectivity index (χ3n) is 4.96. The summed E-state index contributed by atoms with van der Waals surface area (Å²) >= 11 is 6.25. The molecular formula is C21H20ClN3O3. The lowest BCUT2D eigenvalue weighted by Gasteiger charge is -2.36. The monoisotopic (exact) mass is 397 g/mol. The van der Waals surface area contributed by atoms with E-state index in [2.05, 4.69) is 9.88 Å². The second kappa shape index (κ2) is 7.94. The first-order valence-corrected chi connectivity index (χ1v) is 9.52. The number of fused-ring (bicyclic) bond motifs is 1. The van der Waals surface area contributed by atoms with Crippen LogP contribution in [0.2, 0.25) is 5.02 Å². The maximum absolute atomic E-state index is 12.4. The highest BCUT2D eigenvalue weighted by atomic mass is 35.5. The van der Waals surface area contributed by atoms with Gasteiger partial charge >= 0.3 is 5.97 Å². The molecule has 1 fully saturated rings. The van der Waals surface area contributed by atoms with Gasteiger partial charge in [-0.05, 0) is 18.2 Å². The van der Waals surface area contributed by atoms with Crippen LogP contribution in [0.5, 0.6) is 0 Å². The van der Waals surface area contributed by atoms with Gasteiger partial charge in [-0.1, -0.05) is 41.9 Å². The van der Waals surface area contributed by atoms with Crippen LogP contribution < -0.4 is 4.90 Å². The lowest BCUT2D eigenvalue weighted by molar-refractivity contribution is -0.134. The average Bonchev–Trinajstić information content (AvgIpc) is 3.16. The zero-order valence-corrected chi connectivity index (χ0v) is 16.0. The van der Waals surface area contributed by atoms with Crippen LogP contribution in [0.4, 0.5) is 5.69 Å². The number of nitrogens with zero attached hydrogens (tertiary/aromatic N) is 2. The zero-order chi connectivity index (χ0) is 19.5. The number of rotatable bonds is 4. The van der Waals surface area contributed by atoms with E-state index >= 15 is 0 Å². The number of aromatic amines is 1. The number of ether oxygens (including phenoxy) is 1. The van der Waals surface area contributed by atoms with Crippen molar-refractivity contribution in [3.05, 3.63) is 65.3 Å². The number of hydrogen-bond acceptors (Lipinski definition) is 4. The Morgan fingerprint density at radius 1 is 1.00 bits per heavy atom. The normalized spacial score (nSPS) is 14.3. The van der Waals surface area contributed by atoms with Crippen molar-refractivity contribution in [2.24, 2.45) is 0 Å². The van der Waals surface area contributed by atoms with Crippen LogP contribution in [0, 0.1) is 0 Å². The molecule has 1 aliphatic rings. The van der Waals surface area contributed by atoms with Crippen molar-refractivity contribution in [2.75, 3.05) is 37.7 Å². The number of nitrogens with one attached hydrogen (secondary N) is 1. The van der Waals surface area contributed by atoms with E-state index < -0.39 is 5.97 Å². The summed E-state index contributed by atoms with van der Waals surface area (Å²) in [7, 11) is 0. The molecule has 0 atom stereocenters. The fourth-order valence-electron chi connectivity index (χ4n) is 3.44. The molecule has 1 aromatic heterocycles. The highest BCUT2D eigenvalue weighted by Crippen LogP contribution is 2.26. The fraction of sp³-hybridized carbons (Fsp3) is 0.238. The highest BCUT2D eigenvalue weighted by Gasteiger charge is 2.23. The number of aromatic nitrogens is 1. The van der Waals surface area contributed by atoms with E-state index in [9.17, 15) is 9.59 Å². The third-order valence-corrected chi connectivity index (χ3v) is 5.28. The minimum atomic E-state index is -0.500. The summed E-state index contributed by atoms with van der Waals surface area (Å²) in [5, 5.41) is 1.49. The SMILES string of the molecule is O=C(OCC(=O)N1CCN(c2ccccc2Cl)CC1)c1c[nH]c2ccccc12. The van der Waals surface area contributed by atoms with E-state index in [4.69, 9.17) is 16.3 Å². The summed E-state index contributed by atoms with van der Waals surface area (Å²) in [6.45, 7) is 2.24. The Morgan fingerprint density at radius 3 is 2.50 bits per heavy atom. The minimum absolute atomic E-state index is 0.188. The molecule has 3 aromatic rings. The van der Waals surface area contributed by atoms with Crippen LogP contribution >= 0.6 is 11.6 Å². The zero-order valence-electron chi connectivity index (χ0n) is 15.2. The summed E-state index contributed by atoms with van der Waals surface area (Å²) < 4.78 is 5.26. The van der Waals surface area contributed by atoms with Crippen molar-refractivity contribution in [3.8, 4) is 0 Å². The molecule has 0 unspecified atom stereocenters. The Morgan fingerprint density at radius 2 is 1.71 bits per heavy atom. The number of piperazine rings is 1. The molecule has 0 aliphatic carbocycles. The van der Waals surface area contributed by atoms with Crippen LogP contribution in [0.1, 0.15) is 10.4 Å². The molecule has 144 valence electrons. The van der Waals surface area contributed by atoms with E-state index in [-0.39, 0.29) is 12.5 Å². The number of para-hydroxylation sites is 2. The van der Waals surface area contributed by atoms with Crippen molar-refractivity contribution >= 4 is 40.1 Å². The van der Waals surface area contributed by atoms with Gasteiger partial charge in [0.15, 0.2) is 6.61 Å². The molecule has 0 saturated carbocycles. The van der Waals surface area contributed by atoms with Gasteiger partial charge in [0.2, 0.25) is 0 Å². The number of benzene rings is 2. The molecule has 1 amide bonds. The molecule has 1 saturated heterocycles. The number of esters is 1. The third kappa shape index (κ3) is 3.68. The molecule has 28 heavy (non-hydrogen) atoms. The second-order valence-corrected chi connectivity index (χ2v) is 7.05. The van der Waals surface area contributed by atoms with Gasteiger partial charge in [0.25, 0.3) is 5.91 Å². The summed E-state index contributed by atoms with van der Waals surface area (Å²) in [5.74, 6) is -0.687. The molecule has 2 aromatic carbocycles. The van der Waals surface area contributed by atoms with E-state index in [1.165, 1.54) is 0 Å². The molecule has 1 aliphatic heterocycles. The quantitative estimate of drug-likeness (QED) is 0.686. The van der Waals surface area contributed by atoms with Crippen molar-refractivity contribution in [1.82, 2.24) is 9.88 Å². The number of carbonyl (C=O) groups is 2. The van der Waals surface area contributed by atoms with Crippen molar-refractivity contribution in [3.63, 3.8) is 0 Å². The molecule has 4 rings (SSSR count). The van der Waals surface area contributed by atoms with E-state index in [0.717, 1.165) is 16.6 Å². The topological polar surface area (TPSA) is 65.6 Å². The Hall–Kier alpha value is -2.99. The van der Waals surface area contributed by atoms with Crippen LogP contribution in [-0.2, 0) is 9.53 Å². The number of H-pyrrole nitrogens is 1. The predicted molar refractivity (Wildman–Crippen MR) is 109 cm³/mol. The molecule has 6 nitrogen and oxygen atoms in total. The Bertz CT molecular complexity index is 1010. The first-order valence-electron chi connectivity index (χ1n) is 9.14. The predicted octanol–water partition coefficient (Wildman–Crippen LogP) is 3.33. The van der Waals surface area contributed by atoms with E-state index in [1.54, 1.807) is 11.1 Å². The van der Waals surface area contributed by atoms with Gasteiger partial charge < -0.3 is 19.5 Å². The lowest BCUT2D eigenvalue weighted by Crippen LogP contribution is -2.50. The molecule has 0 spiro atoms. The second-order valence-electron chi connectivity index (χ2n) is 6.64. The fourth-order valence-corrected chi connectivity index (χ4v) is 3.70. The van der Waals surface area contributed by atoms with Crippen LogP contribution in [0.25, 0.3) is 10.9 Å². The van der Waals surface area contributed by atoms with Gasteiger partial charge in [-0.3, -0.25) is 4.79 Å². The molecular weight excluding hydrogens is 378 g/mol. The maximum Gasteiger partial charge on any atom is 0.340 e. The van der Waals surface area contributed by atoms with Crippen molar-refractivity contribution in [1.29, 1.82) is 0 Å². The first kappa shape index (κ1) is 18.4. The van der Waals surface area contributed by atoms with E-state index in [1.807, 2.05) is 48.5 Å². The maximum atomic E-state index is 12.4. The Balaban J connectivity index is 1.31. The standard InChI is InChI=1S/C21H20ClN3O3/c22-17-6-2-4-8-19(17)24-9-11-25(12-10-24)20(26)14-28-21(27)16-13-23-18-7-3-1-5-15(16)18/h1-8,13,23H,9-12,14H2. The van der Waals surface area contributed by atoms with Gasteiger partial charge in [0.05, 0.1) is 16.3 Å². The summed E-state index contributed by atoms with van der Waals surface area (Å²) in [4.78, 5) is 31.7. The summed E-state index contributed by atoms with van der Waals surface area (Å²) in [6, 6.07) is 15.2. The smallest absolute Gasteiger partial charge is 0.340 e. The first-order chi connectivity index (χ1) is 13.6. The van der Waals surface area contributed by atoms with E-state index in [0.29, 0.717) is 36.8 Å². The summed E-state index contributed by atoms with van der Waals surface area (Å²) in [5.41, 5.74) is 2.27. The molecule has 0 radical (unpaired) electrons. The van der Waals surface area contributed by atoms with Crippen LogP contribution in [-0.4, -0.2) is 54.5 Å². The van der Waals surface area contributed by atoms with Gasteiger partial charge in [0, 0.05) is 43.3 Å². The summed E-state index contributed by atoms with van der Waals surface area (Å²) in [6.07, 6.45) is 1.61. The highest BCUT2D eigenvalue weighted by molar-refractivity contribution is 6.33. The minimum Gasteiger partial charge on any atom is -0.452 e. The lowest BCUT2D eigenvalue weighted by atomic mass is 10.2. The van der Waals surface area contributed by atoms with Gasteiger partial charge in [-0.2, -0.15) is 0 Å². The van der Waals surface area contributed by atoms with Gasteiger partial charge in [-0.15, -0.1) is 0 Å². The molecule has 0 bridgehead atoms. The van der Waals surface area contributed by atoms with Crippen molar-refractivity contribution in [2.45, 2.75) is 0 Å². The number of anilines is 1. The van der Waals surface area contributed by atoms with Crippen LogP contribution in [0.3, 0.4) is 0 Å². The Labute approximate surface area is 167 Å². The molecule has 1 N–H and O–H groups in total. The largest absolute Gasteiger partial charge is 0.452 e. The Kier molecular flexibility index (Phi) is 5.21. The molecule has 7 heteroatoms. The number of amides is 1. The average molecular weight is 398 g/mol. The number of hydrogen-bond donors (Lipinski definition) is 1. The van der Waals surface area contributed by atoms with Crippen LogP contribution in [0.15, 0.2) is 54.7 Å². The van der Waals surface area contributed by atoms with Gasteiger partial charge in [-0.25, -0.2) is 4.79 Å². The molecule has 2 heterocycles. The van der Waals surface area contributed by atoms with Crippen molar-refractivity contribution < 1.29 is 14.3 Å². The number of carbonyl (C=O) groups excluding carboxylic acids is 2.